The van der Waals surface area contributed by atoms with E-state index >= 15 is 0 Å². The van der Waals surface area contributed by atoms with Gasteiger partial charge in [-0.15, -0.1) is 0 Å². The van der Waals surface area contributed by atoms with Gasteiger partial charge < -0.3 is 15.7 Å². The zero-order valence-corrected chi connectivity index (χ0v) is 9.90. The van der Waals surface area contributed by atoms with Gasteiger partial charge in [0.25, 0.3) is 0 Å². The Morgan fingerprint density at radius 1 is 1.35 bits per heavy atom. The molecule has 0 radical (unpaired) electrons. The summed E-state index contributed by atoms with van der Waals surface area (Å²) in [5.74, 6) is -0.386. The Morgan fingerprint density at radius 3 is 2.71 bits per heavy atom. The molecule has 0 atom stereocenters. The lowest BCUT2D eigenvalue weighted by Crippen LogP contribution is -2.36. The Kier molecular flexibility index (Phi) is 3.84. The van der Waals surface area contributed by atoms with Crippen LogP contribution in [0.5, 0.6) is 0 Å². The van der Waals surface area contributed by atoms with E-state index in [9.17, 15) is 4.39 Å². The summed E-state index contributed by atoms with van der Waals surface area (Å²) >= 11 is 0. The van der Waals surface area contributed by atoms with Gasteiger partial charge in [-0.2, -0.15) is 0 Å². The van der Waals surface area contributed by atoms with Crippen LogP contribution >= 0.6 is 0 Å². The first-order chi connectivity index (χ1) is 8.24. The van der Waals surface area contributed by atoms with Crippen LogP contribution in [0.25, 0.3) is 0 Å². The lowest BCUT2D eigenvalue weighted by molar-refractivity contribution is 0.297. The number of aliphatic hydroxyl groups excluding tert-OH is 1. The molecule has 0 spiro atoms. The summed E-state index contributed by atoms with van der Waals surface area (Å²) in [5.41, 5.74) is 6.68. The van der Waals surface area contributed by atoms with E-state index in [2.05, 4.69) is 0 Å². The van der Waals surface area contributed by atoms with Gasteiger partial charge in [0, 0.05) is 12.6 Å². The lowest BCUT2D eigenvalue weighted by Gasteiger charge is -2.31. The molecule has 2 rings (SSSR count). The van der Waals surface area contributed by atoms with Crippen molar-refractivity contribution in [2.45, 2.75) is 31.7 Å². The van der Waals surface area contributed by atoms with Crippen LogP contribution in [-0.4, -0.2) is 24.3 Å². The van der Waals surface area contributed by atoms with Crippen LogP contribution in [-0.2, 0) is 0 Å². The molecule has 17 heavy (non-hydrogen) atoms. The molecule has 0 bridgehead atoms. The van der Waals surface area contributed by atoms with Gasteiger partial charge in [-0.05, 0) is 25.0 Å². The van der Waals surface area contributed by atoms with E-state index in [4.69, 9.17) is 10.8 Å². The number of rotatable bonds is 4. The number of nitrogens with zero attached hydrogens (tertiary/aromatic N) is 1. The molecule has 1 aromatic rings. The third kappa shape index (κ3) is 2.52. The molecule has 1 saturated carbocycles. The monoisotopic (exact) mass is 238 g/mol. The van der Waals surface area contributed by atoms with Crippen molar-refractivity contribution < 1.29 is 9.50 Å². The SMILES string of the molecule is Nc1c(F)cccc1N(CCO)C1CCCC1. The normalized spacial score (nSPS) is 16.4. The topological polar surface area (TPSA) is 49.5 Å². The number of aliphatic hydroxyl groups is 1. The van der Waals surface area contributed by atoms with Gasteiger partial charge in [-0.3, -0.25) is 0 Å². The van der Waals surface area contributed by atoms with E-state index in [0.717, 1.165) is 12.8 Å². The number of halogens is 1. The summed E-state index contributed by atoms with van der Waals surface area (Å²) in [5, 5.41) is 9.14. The van der Waals surface area contributed by atoms with Crippen LogP contribution in [0.2, 0.25) is 0 Å². The second kappa shape index (κ2) is 5.36. The number of hydrogen-bond acceptors (Lipinski definition) is 3. The molecular formula is C13H19FN2O. The number of nitrogens with two attached hydrogens (primary N) is 1. The van der Waals surface area contributed by atoms with E-state index in [0.29, 0.717) is 18.3 Å². The molecule has 0 aliphatic heterocycles. The van der Waals surface area contributed by atoms with E-state index in [-0.39, 0.29) is 18.1 Å². The second-order valence-electron chi connectivity index (χ2n) is 4.53. The van der Waals surface area contributed by atoms with Gasteiger partial charge >= 0.3 is 0 Å². The van der Waals surface area contributed by atoms with E-state index in [1.807, 2.05) is 11.0 Å². The predicted octanol–water partition coefficient (Wildman–Crippen LogP) is 2.15. The Hall–Kier alpha value is -1.29. The first kappa shape index (κ1) is 12.2. The van der Waals surface area contributed by atoms with Crippen molar-refractivity contribution in [2.24, 2.45) is 0 Å². The minimum atomic E-state index is -0.386. The molecule has 1 aliphatic rings. The molecule has 0 unspecified atom stereocenters. The molecule has 1 aromatic carbocycles. The largest absolute Gasteiger partial charge is 0.395 e. The van der Waals surface area contributed by atoms with E-state index < -0.39 is 0 Å². The predicted molar refractivity (Wildman–Crippen MR) is 67.5 cm³/mol. The smallest absolute Gasteiger partial charge is 0.148 e. The molecule has 0 saturated heterocycles. The minimum absolute atomic E-state index is 0.0620. The van der Waals surface area contributed by atoms with Crippen LogP contribution < -0.4 is 10.6 Å². The number of para-hydroxylation sites is 1. The summed E-state index contributed by atoms with van der Waals surface area (Å²) in [6, 6.07) is 5.24. The van der Waals surface area contributed by atoms with Gasteiger partial charge in [-0.1, -0.05) is 18.9 Å². The van der Waals surface area contributed by atoms with Crippen molar-refractivity contribution in [1.29, 1.82) is 0 Å². The summed E-state index contributed by atoms with van der Waals surface area (Å²) in [6.45, 7) is 0.574. The van der Waals surface area contributed by atoms with Crippen molar-refractivity contribution in [3.05, 3.63) is 24.0 Å². The maximum absolute atomic E-state index is 13.5. The van der Waals surface area contributed by atoms with Crippen LogP contribution in [0.15, 0.2) is 18.2 Å². The average molecular weight is 238 g/mol. The van der Waals surface area contributed by atoms with Crippen LogP contribution in [0.4, 0.5) is 15.8 Å². The van der Waals surface area contributed by atoms with Crippen molar-refractivity contribution >= 4 is 11.4 Å². The molecular weight excluding hydrogens is 219 g/mol. The molecule has 0 heterocycles. The van der Waals surface area contributed by atoms with E-state index in [1.165, 1.54) is 18.9 Å². The number of benzene rings is 1. The summed E-state index contributed by atoms with van der Waals surface area (Å²) in [4.78, 5) is 2.05. The second-order valence-corrected chi connectivity index (χ2v) is 4.53. The number of hydrogen-bond donors (Lipinski definition) is 2. The highest BCUT2D eigenvalue weighted by Crippen LogP contribution is 2.32. The highest BCUT2D eigenvalue weighted by atomic mass is 19.1. The van der Waals surface area contributed by atoms with Crippen molar-refractivity contribution in [3.63, 3.8) is 0 Å². The third-order valence-electron chi connectivity index (χ3n) is 3.45. The van der Waals surface area contributed by atoms with Crippen LogP contribution in [0.1, 0.15) is 25.7 Å². The summed E-state index contributed by atoms with van der Waals surface area (Å²) < 4.78 is 13.5. The number of anilines is 2. The molecule has 3 N–H and O–H groups in total. The minimum Gasteiger partial charge on any atom is -0.395 e. The van der Waals surface area contributed by atoms with Crippen molar-refractivity contribution in [2.75, 3.05) is 23.8 Å². The zero-order valence-electron chi connectivity index (χ0n) is 9.90. The molecule has 94 valence electrons. The van der Waals surface area contributed by atoms with Crippen LogP contribution in [0.3, 0.4) is 0 Å². The summed E-state index contributed by atoms with van der Waals surface area (Å²) in [6.07, 6.45) is 4.58. The fraction of sp³-hybridized carbons (Fsp3) is 0.538. The fourth-order valence-electron chi connectivity index (χ4n) is 2.60. The fourth-order valence-corrected chi connectivity index (χ4v) is 2.60. The Morgan fingerprint density at radius 2 is 2.06 bits per heavy atom. The lowest BCUT2D eigenvalue weighted by atomic mass is 10.1. The standard InChI is InChI=1S/C13H19FN2O/c14-11-6-3-7-12(13(11)15)16(8-9-17)10-4-1-2-5-10/h3,6-7,10,17H,1-2,4-5,8-9,15H2. The highest BCUT2D eigenvalue weighted by Gasteiger charge is 2.24. The van der Waals surface area contributed by atoms with Crippen molar-refractivity contribution in [1.82, 2.24) is 0 Å². The summed E-state index contributed by atoms with van der Waals surface area (Å²) in [7, 11) is 0. The third-order valence-corrected chi connectivity index (χ3v) is 3.45. The maximum Gasteiger partial charge on any atom is 0.148 e. The maximum atomic E-state index is 13.5. The molecule has 1 fully saturated rings. The van der Waals surface area contributed by atoms with Crippen molar-refractivity contribution in [3.8, 4) is 0 Å². The molecule has 0 aromatic heterocycles. The van der Waals surface area contributed by atoms with E-state index in [1.54, 1.807) is 6.07 Å². The van der Waals surface area contributed by atoms with Gasteiger partial charge in [0.1, 0.15) is 5.82 Å². The molecule has 3 nitrogen and oxygen atoms in total. The average Bonchev–Trinajstić information content (AvgIpc) is 2.84. The highest BCUT2D eigenvalue weighted by molar-refractivity contribution is 5.68. The van der Waals surface area contributed by atoms with Gasteiger partial charge in [-0.25, -0.2) is 4.39 Å². The molecule has 4 heteroatoms. The Labute approximate surface area is 101 Å². The first-order valence-corrected chi connectivity index (χ1v) is 6.15. The van der Waals surface area contributed by atoms with Gasteiger partial charge in [0.2, 0.25) is 0 Å². The van der Waals surface area contributed by atoms with Crippen LogP contribution in [0, 0.1) is 5.82 Å². The Balaban J connectivity index is 2.27. The molecule has 1 aliphatic carbocycles. The Bertz CT molecular complexity index is 378. The molecule has 0 amide bonds. The van der Waals surface area contributed by atoms with Gasteiger partial charge in [0.15, 0.2) is 0 Å². The van der Waals surface area contributed by atoms with Gasteiger partial charge in [0.05, 0.1) is 18.0 Å². The number of nitrogen functional groups attached to an aromatic ring is 1. The zero-order chi connectivity index (χ0) is 12.3. The quantitative estimate of drug-likeness (QED) is 0.790. The first-order valence-electron chi connectivity index (χ1n) is 6.15.